The fourth-order valence-corrected chi connectivity index (χ4v) is 34.4. The van der Waals surface area contributed by atoms with Gasteiger partial charge < -0.3 is 0 Å². The summed E-state index contributed by atoms with van der Waals surface area (Å²) in [6.07, 6.45) is 6.30. The van der Waals surface area contributed by atoms with Crippen molar-refractivity contribution in [3.05, 3.63) is 81.3 Å². The zero-order chi connectivity index (χ0) is 24.3. The minimum absolute atomic E-state index is 0.0557. The molecule has 1 N–H and O–H groups in total. The van der Waals surface area contributed by atoms with Crippen LogP contribution in [0.1, 0.15) is 59.8 Å². The van der Waals surface area contributed by atoms with Gasteiger partial charge in [0.2, 0.25) is 0 Å². The Morgan fingerprint density at radius 2 is 1.40 bits per heavy atom. The Morgan fingerprint density at radius 1 is 0.857 bits per heavy atom. The summed E-state index contributed by atoms with van der Waals surface area (Å²) in [4.78, 5) is 14.4. The van der Waals surface area contributed by atoms with Crippen LogP contribution in [0.2, 0.25) is 0 Å². The van der Waals surface area contributed by atoms with Crippen LogP contribution >= 0.6 is 0 Å². The minimum atomic E-state index is -2.31. The van der Waals surface area contributed by atoms with Gasteiger partial charge in [-0.1, -0.05) is 0 Å². The Balaban J connectivity index is 1.46. The number of carbonyl (C=O) groups excluding carboxylic acids is 1. The van der Waals surface area contributed by atoms with E-state index in [4.69, 9.17) is 0 Å². The van der Waals surface area contributed by atoms with E-state index in [9.17, 15) is 4.79 Å². The van der Waals surface area contributed by atoms with Crippen LogP contribution in [0.15, 0.2) is 81.3 Å². The molecule has 0 saturated heterocycles. The summed E-state index contributed by atoms with van der Waals surface area (Å²) in [6, 6.07) is 22.5. The fraction of sp³-hybridized carbons (Fsp3) is 0.452. The van der Waals surface area contributed by atoms with Gasteiger partial charge in [0.15, 0.2) is 0 Å². The van der Waals surface area contributed by atoms with Gasteiger partial charge in [0.1, 0.15) is 0 Å². The van der Waals surface area contributed by atoms with Crippen molar-refractivity contribution in [2.75, 3.05) is 0 Å². The van der Waals surface area contributed by atoms with Crippen LogP contribution in [0.25, 0.3) is 0 Å². The molecule has 3 atom stereocenters. The third-order valence-corrected chi connectivity index (χ3v) is 32.8. The molecule has 4 fully saturated rings. The average molecular weight is 561 g/mol. The van der Waals surface area contributed by atoms with Gasteiger partial charge in [-0.3, -0.25) is 0 Å². The van der Waals surface area contributed by atoms with Gasteiger partial charge in [-0.25, -0.2) is 0 Å². The predicted octanol–water partition coefficient (Wildman–Crippen LogP) is 5.26. The summed E-state index contributed by atoms with van der Waals surface area (Å²) in [5, 5.41) is 0. The molecule has 4 heteroatoms. The van der Waals surface area contributed by atoms with Gasteiger partial charge in [0.05, 0.1) is 0 Å². The van der Waals surface area contributed by atoms with Crippen LogP contribution in [0.3, 0.4) is 0 Å². The molecule has 2 aromatic rings. The Morgan fingerprint density at radius 3 is 1.89 bits per heavy atom. The molecule has 0 aromatic heterocycles. The topological polar surface area (TPSA) is 29.1 Å². The van der Waals surface area contributed by atoms with E-state index >= 15 is 0 Å². The summed E-state index contributed by atoms with van der Waals surface area (Å²) >= 11 is -4.49. The molecule has 0 spiro atoms. The van der Waals surface area contributed by atoms with E-state index in [0.29, 0.717) is 17.7 Å². The Hall–Kier alpha value is -1.35. The first-order chi connectivity index (χ1) is 16.9. The molecule has 0 aliphatic heterocycles. The summed E-state index contributed by atoms with van der Waals surface area (Å²) in [6.45, 7) is 9.36. The quantitative estimate of drug-likeness (QED) is 0.480. The van der Waals surface area contributed by atoms with E-state index in [-0.39, 0.29) is 5.41 Å². The Kier molecular flexibility index (Phi) is 6.30. The van der Waals surface area contributed by atoms with Crippen LogP contribution in [0, 0.1) is 29.1 Å². The molecule has 4 bridgehead atoms. The molecular formula is C31H38GeNOTi. The first-order valence-corrected chi connectivity index (χ1v) is 23.4. The molecule has 0 radical (unpaired) electrons. The van der Waals surface area contributed by atoms with E-state index in [0.717, 1.165) is 24.7 Å². The Bertz CT molecular complexity index is 1150. The number of rotatable bonds is 6. The molecule has 3 unspecified atom stereocenters. The molecule has 0 heterocycles. The second-order valence-corrected chi connectivity index (χ2v) is 28.7. The number of nitrogens with one attached hydrogen (secondary N) is 1. The van der Waals surface area contributed by atoms with Crippen molar-refractivity contribution in [3.8, 4) is 0 Å². The van der Waals surface area contributed by atoms with E-state index in [2.05, 4.69) is 92.2 Å². The number of hydrogen-bond acceptors (Lipinski definition) is 1. The molecule has 5 aliphatic carbocycles. The number of hydrogen-bond donors (Lipinski definition) is 1. The summed E-state index contributed by atoms with van der Waals surface area (Å²) in [7, 11) is 0. The third kappa shape index (κ3) is 3.90. The van der Waals surface area contributed by atoms with E-state index in [1.54, 1.807) is 3.88 Å². The van der Waals surface area contributed by atoms with E-state index in [1.165, 1.54) is 44.8 Å². The monoisotopic (exact) mass is 562 g/mol. The second-order valence-electron chi connectivity index (χ2n) is 11.9. The molecule has 181 valence electrons. The number of allylic oxidation sites excluding steroid dienone is 4. The van der Waals surface area contributed by atoms with E-state index in [1.807, 2.05) is 0 Å². The van der Waals surface area contributed by atoms with Crippen LogP contribution in [0.5, 0.6) is 0 Å². The van der Waals surface area contributed by atoms with E-state index < -0.39 is 27.4 Å². The standard InChI is InChI=1S/C12H11Ge.C10H15NO.C9H13.Ti/c1-3-7-11(8-4-1)13-12-9-5-2-6-10-12;11-9(12)10-4-6-1-7(5-10)3-8(10)2-6;1-6-5-7(2)9(4)8(6)3;/h1-10,13H;6-8H,1-5H2,(H2,11,12);6H,1-4H3;/q;;;+1/p-1. The van der Waals surface area contributed by atoms with Gasteiger partial charge in [-0.05, 0) is 0 Å². The van der Waals surface area contributed by atoms with Crippen molar-refractivity contribution in [3.63, 3.8) is 0 Å². The molecule has 35 heavy (non-hydrogen) atoms. The summed E-state index contributed by atoms with van der Waals surface area (Å²) in [5.41, 5.74) is 4.41. The van der Waals surface area contributed by atoms with Gasteiger partial charge in [0, 0.05) is 0 Å². The zero-order valence-electron chi connectivity index (χ0n) is 21.6. The van der Waals surface area contributed by atoms with Gasteiger partial charge in [-0.2, -0.15) is 0 Å². The second kappa shape index (κ2) is 9.19. The first-order valence-electron chi connectivity index (χ1n) is 13.6. The maximum absolute atomic E-state index is 14.4. The zero-order valence-corrected chi connectivity index (χ0v) is 25.6. The first kappa shape index (κ1) is 24.0. The maximum atomic E-state index is 14.4. The molecule has 7 rings (SSSR count). The van der Waals surface area contributed by atoms with Crippen molar-refractivity contribution in [2.24, 2.45) is 29.1 Å². The van der Waals surface area contributed by atoms with Crippen molar-refractivity contribution in [2.45, 2.75) is 59.8 Å². The molecular weight excluding hydrogens is 523 g/mol. The number of carbonyl (C=O) groups is 1. The van der Waals surface area contributed by atoms with Gasteiger partial charge in [-0.15, -0.1) is 0 Å². The molecule has 4 saturated carbocycles. The van der Waals surface area contributed by atoms with Crippen LogP contribution in [0.4, 0.5) is 0 Å². The van der Waals surface area contributed by atoms with Crippen LogP contribution in [-0.2, 0) is 20.7 Å². The SMILES string of the molecule is CC1=C(C)C(C)[C]([Ti]([NH]C(=O)C23CC4CC(CC2C4)C3)[GeH]([c]2ccccc2)[c]2ccccc2)=C1C. The molecule has 5 aliphatic rings. The summed E-state index contributed by atoms with van der Waals surface area (Å²) < 4.78 is 8.75. The third-order valence-electron chi connectivity index (χ3n) is 10.2. The Labute approximate surface area is 219 Å². The van der Waals surface area contributed by atoms with Crippen LogP contribution in [-0.4, -0.2) is 17.4 Å². The predicted molar refractivity (Wildman–Crippen MR) is 144 cm³/mol. The van der Waals surface area contributed by atoms with Crippen molar-refractivity contribution in [1.29, 1.82) is 0 Å². The van der Waals surface area contributed by atoms with Crippen molar-refractivity contribution < 1.29 is 20.7 Å². The molecule has 2 aromatic carbocycles. The fourth-order valence-electron chi connectivity index (χ4n) is 8.32. The summed E-state index contributed by atoms with van der Waals surface area (Å²) in [5.74, 6) is 3.17. The normalized spacial score (nSPS) is 31.1. The number of amides is 1. The molecule has 2 nitrogen and oxygen atoms in total. The van der Waals surface area contributed by atoms with Crippen molar-refractivity contribution >= 4 is 26.2 Å². The molecule has 1 amide bonds. The van der Waals surface area contributed by atoms with Crippen molar-refractivity contribution in [1.82, 2.24) is 3.80 Å². The average Bonchev–Trinajstić information content (AvgIpc) is 3.36. The van der Waals surface area contributed by atoms with Gasteiger partial charge in [0.25, 0.3) is 0 Å². The number of benzene rings is 2. The van der Waals surface area contributed by atoms with Gasteiger partial charge >= 0.3 is 221 Å². The van der Waals surface area contributed by atoms with Crippen LogP contribution < -0.4 is 12.6 Å².